The van der Waals surface area contributed by atoms with E-state index in [1.807, 2.05) is 36.4 Å². The summed E-state index contributed by atoms with van der Waals surface area (Å²) in [4.78, 5) is 26.1. The molecule has 4 aliphatic rings. The Balaban J connectivity index is 1.61. The average Bonchev–Trinajstić information content (AvgIpc) is 3.46. The van der Waals surface area contributed by atoms with E-state index in [4.69, 9.17) is 18.9 Å². The number of fused-ring (bicyclic) bond motifs is 4. The first-order valence-electron chi connectivity index (χ1n) is 9.94. The summed E-state index contributed by atoms with van der Waals surface area (Å²) < 4.78 is 24.6. The molecular formula is C24H18O6. The van der Waals surface area contributed by atoms with Crippen molar-refractivity contribution in [1.82, 2.24) is 0 Å². The Kier molecular flexibility index (Phi) is 3.76. The molecule has 2 aromatic rings. The van der Waals surface area contributed by atoms with E-state index in [9.17, 15) is 9.59 Å². The van der Waals surface area contributed by atoms with Crippen molar-refractivity contribution in [3.8, 4) is 0 Å². The van der Waals surface area contributed by atoms with E-state index in [1.54, 1.807) is 12.1 Å². The molecule has 2 aliphatic carbocycles. The lowest BCUT2D eigenvalue weighted by atomic mass is 9.75. The van der Waals surface area contributed by atoms with Crippen LogP contribution in [0.15, 0.2) is 71.8 Å². The minimum absolute atomic E-state index is 0.175. The van der Waals surface area contributed by atoms with E-state index in [2.05, 4.69) is 0 Å². The third-order valence-corrected chi connectivity index (χ3v) is 6.03. The number of ketones is 2. The lowest BCUT2D eigenvalue weighted by molar-refractivity contribution is -0.157. The van der Waals surface area contributed by atoms with E-state index in [0.717, 1.165) is 0 Å². The van der Waals surface area contributed by atoms with Crippen LogP contribution in [-0.2, 0) is 30.5 Å². The molecule has 0 amide bonds. The monoisotopic (exact) mass is 402 g/mol. The van der Waals surface area contributed by atoms with E-state index in [1.165, 1.54) is 12.2 Å². The fourth-order valence-corrected chi connectivity index (χ4v) is 4.82. The number of hydrogen-bond acceptors (Lipinski definition) is 6. The summed E-state index contributed by atoms with van der Waals surface area (Å²) >= 11 is 0. The molecule has 2 heterocycles. The molecule has 0 bridgehead atoms. The third-order valence-electron chi connectivity index (χ3n) is 6.03. The predicted molar refractivity (Wildman–Crippen MR) is 105 cm³/mol. The maximum Gasteiger partial charge on any atom is 0.223 e. The van der Waals surface area contributed by atoms with Crippen molar-refractivity contribution in [3.63, 3.8) is 0 Å². The normalized spacial score (nSPS) is 23.3. The van der Waals surface area contributed by atoms with Crippen LogP contribution < -0.4 is 0 Å². The van der Waals surface area contributed by atoms with Crippen molar-refractivity contribution in [3.05, 3.63) is 94.1 Å². The molecule has 30 heavy (non-hydrogen) atoms. The smallest absolute Gasteiger partial charge is 0.223 e. The van der Waals surface area contributed by atoms with Crippen LogP contribution in [0.4, 0.5) is 0 Å². The van der Waals surface area contributed by atoms with Gasteiger partial charge in [0, 0.05) is 33.4 Å². The molecule has 0 radical (unpaired) electrons. The second-order valence-electron chi connectivity index (χ2n) is 7.56. The molecule has 2 aliphatic heterocycles. The fourth-order valence-electron chi connectivity index (χ4n) is 4.82. The number of ether oxygens (including phenoxy) is 4. The lowest BCUT2D eigenvalue weighted by Crippen LogP contribution is -2.43. The van der Waals surface area contributed by atoms with E-state index < -0.39 is 11.6 Å². The Morgan fingerprint density at radius 1 is 0.567 bits per heavy atom. The van der Waals surface area contributed by atoms with Gasteiger partial charge in [-0.2, -0.15) is 0 Å². The second-order valence-corrected chi connectivity index (χ2v) is 7.56. The number of carbonyl (C=O) groups excluding carboxylic acids is 2. The molecule has 0 saturated carbocycles. The Bertz CT molecular complexity index is 1050. The number of allylic oxidation sites excluding steroid dienone is 2. The van der Waals surface area contributed by atoms with Crippen LogP contribution in [0, 0.1) is 0 Å². The molecule has 0 aromatic heterocycles. The van der Waals surface area contributed by atoms with E-state index >= 15 is 0 Å². The Labute approximate surface area is 172 Å². The van der Waals surface area contributed by atoms with E-state index in [-0.39, 0.29) is 11.6 Å². The summed E-state index contributed by atoms with van der Waals surface area (Å²) in [6, 6.07) is 14.5. The van der Waals surface area contributed by atoms with Gasteiger partial charge in [-0.05, 0) is 12.2 Å². The van der Waals surface area contributed by atoms with Gasteiger partial charge in [0.2, 0.25) is 11.6 Å². The van der Waals surface area contributed by atoms with Crippen LogP contribution in [0.2, 0.25) is 0 Å². The molecule has 6 rings (SSSR count). The van der Waals surface area contributed by atoms with Crippen LogP contribution in [0.1, 0.15) is 31.8 Å². The first-order chi connectivity index (χ1) is 14.7. The molecule has 0 N–H and O–H groups in total. The Hall–Kier alpha value is -2.90. The Morgan fingerprint density at radius 2 is 0.933 bits per heavy atom. The quantitative estimate of drug-likeness (QED) is 0.730. The first kappa shape index (κ1) is 17.9. The van der Waals surface area contributed by atoms with E-state index in [0.29, 0.717) is 59.8 Å². The summed E-state index contributed by atoms with van der Waals surface area (Å²) in [6.45, 7) is 1.47. The average molecular weight is 402 g/mol. The molecular weight excluding hydrogens is 384 g/mol. The highest BCUT2D eigenvalue weighted by Crippen LogP contribution is 2.54. The summed E-state index contributed by atoms with van der Waals surface area (Å²) in [5.74, 6) is -2.92. The van der Waals surface area contributed by atoms with Crippen LogP contribution in [0.5, 0.6) is 0 Å². The SMILES string of the molecule is O=C1C=C(C2=CC(=O)c3ccccc3C23OCCO3)C2(OCCO2)c2ccccc21. The molecule has 2 spiro atoms. The van der Waals surface area contributed by atoms with Gasteiger partial charge in [-0.15, -0.1) is 0 Å². The zero-order valence-electron chi connectivity index (χ0n) is 16.1. The topological polar surface area (TPSA) is 71.1 Å². The molecule has 2 fully saturated rings. The number of rotatable bonds is 1. The van der Waals surface area contributed by atoms with Crippen molar-refractivity contribution in [2.24, 2.45) is 0 Å². The summed E-state index contributed by atoms with van der Waals surface area (Å²) in [6.07, 6.45) is 2.99. The van der Waals surface area contributed by atoms with Gasteiger partial charge < -0.3 is 18.9 Å². The van der Waals surface area contributed by atoms with Crippen molar-refractivity contribution in [2.75, 3.05) is 26.4 Å². The number of carbonyl (C=O) groups is 2. The highest BCUT2D eigenvalue weighted by molar-refractivity contribution is 6.11. The lowest BCUT2D eigenvalue weighted by Gasteiger charge is -2.42. The summed E-state index contributed by atoms with van der Waals surface area (Å²) in [5, 5.41) is 0. The van der Waals surface area contributed by atoms with Crippen molar-refractivity contribution in [1.29, 1.82) is 0 Å². The van der Waals surface area contributed by atoms with Crippen molar-refractivity contribution in [2.45, 2.75) is 11.6 Å². The van der Waals surface area contributed by atoms with Gasteiger partial charge in [0.05, 0.1) is 26.4 Å². The minimum atomic E-state index is -1.29. The maximum absolute atomic E-state index is 13.0. The van der Waals surface area contributed by atoms with Crippen LogP contribution in [-0.4, -0.2) is 38.0 Å². The number of hydrogen-bond donors (Lipinski definition) is 0. The van der Waals surface area contributed by atoms with Gasteiger partial charge in [0.15, 0.2) is 11.6 Å². The van der Waals surface area contributed by atoms with Crippen LogP contribution in [0.25, 0.3) is 0 Å². The highest BCUT2D eigenvalue weighted by Gasteiger charge is 2.56. The first-order valence-corrected chi connectivity index (χ1v) is 9.94. The zero-order chi connectivity index (χ0) is 20.3. The van der Waals surface area contributed by atoms with Crippen molar-refractivity contribution < 1.29 is 28.5 Å². The molecule has 0 unspecified atom stereocenters. The van der Waals surface area contributed by atoms with Gasteiger partial charge in [-0.25, -0.2) is 0 Å². The molecule has 2 aromatic carbocycles. The summed E-state index contributed by atoms with van der Waals surface area (Å²) in [5.41, 5.74) is 3.21. The van der Waals surface area contributed by atoms with Gasteiger partial charge in [-0.3, -0.25) is 9.59 Å². The standard InChI is InChI=1S/C24H18O6/c25-21-13-19(23(27-9-10-28-23)17-7-3-1-5-15(17)21)20-14-22(26)16-6-2-4-8-18(16)24(20)29-11-12-30-24/h1-8,13-14H,9-12H2. The largest absolute Gasteiger partial charge is 0.340 e. The van der Waals surface area contributed by atoms with Gasteiger partial charge in [0.1, 0.15) is 0 Å². The zero-order valence-corrected chi connectivity index (χ0v) is 16.1. The van der Waals surface area contributed by atoms with Crippen LogP contribution in [0.3, 0.4) is 0 Å². The van der Waals surface area contributed by atoms with Gasteiger partial charge in [0.25, 0.3) is 0 Å². The predicted octanol–water partition coefficient (Wildman–Crippen LogP) is 3.03. The second kappa shape index (κ2) is 6.30. The molecule has 0 atom stereocenters. The third kappa shape index (κ3) is 2.22. The van der Waals surface area contributed by atoms with Crippen LogP contribution >= 0.6 is 0 Å². The molecule has 6 heteroatoms. The Morgan fingerprint density at radius 3 is 1.33 bits per heavy atom. The van der Waals surface area contributed by atoms with Crippen molar-refractivity contribution >= 4 is 11.6 Å². The fraction of sp³-hybridized carbons (Fsp3) is 0.250. The summed E-state index contributed by atoms with van der Waals surface area (Å²) in [7, 11) is 0. The minimum Gasteiger partial charge on any atom is -0.340 e. The maximum atomic E-state index is 13.0. The number of benzene rings is 2. The highest BCUT2D eigenvalue weighted by atomic mass is 16.7. The van der Waals surface area contributed by atoms with Gasteiger partial charge in [-0.1, -0.05) is 48.5 Å². The molecule has 6 nitrogen and oxygen atoms in total. The molecule has 150 valence electrons. The van der Waals surface area contributed by atoms with Gasteiger partial charge >= 0.3 is 0 Å². The molecule has 2 saturated heterocycles.